The molecule has 2 heterocycles. The van der Waals surface area contributed by atoms with Crippen LogP contribution in [-0.2, 0) is 6.61 Å². The smallest absolute Gasteiger partial charge is 0.151 e. The normalized spacial score (nSPS) is 11.0. The van der Waals surface area contributed by atoms with Crippen molar-refractivity contribution in [2.75, 3.05) is 0 Å². The fourth-order valence-corrected chi connectivity index (χ4v) is 1.78. The molecule has 0 atom stereocenters. The molecular weight excluding hydrogens is 232 g/mol. The van der Waals surface area contributed by atoms with Gasteiger partial charge in [-0.3, -0.25) is 0 Å². The fourth-order valence-electron chi connectivity index (χ4n) is 1.35. The minimum absolute atomic E-state index is 0.0139. The highest BCUT2D eigenvalue weighted by molar-refractivity contribution is 9.10. The van der Waals surface area contributed by atoms with Gasteiger partial charge >= 0.3 is 0 Å². The molecule has 2 aromatic heterocycles. The summed E-state index contributed by atoms with van der Waals surface area (Å²) in [6.45, 7) is 1.93. The number of imidazole rings is 1. The van der Waals surface area contributed by atoms with E-state index in [1.807, 2.05) is 29.7 Å². The van der Waals surface area contributed by atoms with Gasteiger partial charge in [-0.15, -0.1) is 0 Å². The van der Waals surface area contributed by atoms with Gasteiger partial charge < -0.3 is 9.51 Å². The maximum atomic E-state index is 9.02. The molecule has 0 fully saturated rings. The van der Waals surface area contributed by atoms with E-state index >= 15 is 0 Å². The molecule has 3 nitrogen and oxygen atoms in total. The molecule has 0 aliphatic rings. The van der Waals surface area contributed by atoms with Gasteiger partial charge in [-0.25, -0.2) is 4.98 Å². The number of aliphatic hydroxyl groups excluding tert-OH is 1. The Balaban J connectivity index is 2.83. The maximum Gasteiger partial charge on any atom is 0.151 e. The summed E-state index contributed by atoms with van der Waals surface area (Å²) in [6.07, 6.45) is 1.93. The summed E-state index contributed by atoms with van der Waals surface area (Å²) in [5.74, 6) is 0. The first kappa shape index (κ1) is 8.72. The van der Waals surface area contributed by atoms with Crippen LogP contribution < -0.4 is 0 Å². The van der Waals surface area contributed by atoms with Gasteiger partial charge in [-0.2, -0.15) is 0 Å². The highest BCUT2D eigenvalue weighted by Gasteiger charge is 2.08. The first-order valence-corrected chi connectivity index (χ1v) is 4.76. The van der Waals surface area contributed by atoms with E-state index in [1.54, 1.807) is 0 Å². The van der Waals surface area contributed by atoms with Crippen molar-refractivity contribution in [1.29, 1.82) is 0 Å². The first-order valence-electron chi connectivity index (χ1n) is 3.97. The Morgan fingerprint density at radius 2 is 2.38 bits per heavy atom. The lowest BCUT2D eigenvalue weighted by atomic mass is 10.4. The van der Waals surface area contributed by atoms with Gasteiger partial charge in [0.1, 0.15) is 0 Å². The topological polar surface area (TPSA) is 37.5 Å². The molecule has 0 aliphatic carbocycles. The lowest BCUT2D eigenvalue weighted by Gasteiger charge is -1.96. The third-order valence-corrected chi connectivity index (χ3v) is 2.71. The molecule has 0 radical (unpaired) electrons. The summed E-state index contributed by atoms with van der Waals surface area (Å²) in [5, 5.41) is 9.02. The third-order valence-electron chi connectivity index (χ3n) is 2.09. The van der Waals surface area contributed by atoms with Gasteiger partial charge in [0.05, 0.1) is 16.8 Å². The second kappa shape index (κ2) is 3.12. The predicted molar refractivity (Wildman–Crippen MR) is 53.6 cm³/mol. The third kappa shape index (κ3) is 1.26. The molecule has 0 bridgehead atoms. The predicted octanol–water partition coefficient (Wildman–Crippen LogP) is 1.90. The van der Waals surface area contributed by atoms with E-state index < -0.39 is 0 Å². The molecule has 0 spiro atoms. The van der Waals surface area contributed by atoms with E-state index in [0.717, 1.165) is 21.5 Å². The molecule has 0 unspecified atom stereocenters. The lowest BCUT2D eigenvalue weighted by Crippen LogP contribution is -1.88. The van der Waals surface area contributed by atoms with Crippen molar-refractivity contribution in [2.24, 2.45) is 0 Å². The molecule has 13 heavy (non-hydrogen) atoms. The Kier molecular flexibility index (Phi) is 2.09. The Hall–Kier alpha value is -0.870. The van der Waals surface area contributed by atoms with Gasteiger partial charge in [0.2, 0.25) is 0 Å². The van der Waals surface area contributed by atoms with Crippen LogP contribution in [0.15, 0.2) is 22.8 Å². The van der Waals surface area contributed by atoms with Crippen LogP contribution in [0.3, 0.4) is 0 Å². The van der Waals surface area contributed by atoms with Crippen LogP contribution in [0.1, 0.15) is 11.4 Å². The van der Waals surface area contributed by atoms with Crippen LogP contribution in [0.2, 0.25) is 0 Å². The molecule has 0 saturated heterocycles. The molecule has 0 saturated carbocycles. The SMILES string of the molecule is Cc1c(CO)nc2c(Br)cccn12. The van der Waals surface area contributed by atoms with Crippen LogP contribution in [0.4, 0.5) is 0 Å². The van der Waals surface area contributed by atoms with Crippen molar-refractivity contribution in [2.45, 2.75) is 13.5 Å². The zero-order valence-corrected chi connectivity index (χ0v) is 8.74. The summed E-state index contributed by atoms with van der Waals surface area (Å²) < 4.78 is 2.90. The fraction of sp³-hybridized carbons (Fsp3) is 0.222. The van der Waals surface area contributed by atoms with Crippen molar-refractivity contribution < 1.29 is 5.11 Å². The van der Waals surface area contributed by atoms with Crippen molar-refractivity contribution in [3.8, 4) is 0 Å². The van der Waals surface area contributed by atoms with Crippen molar-refractivity contribution in [1.82, 2.24) is 9.38 Å². The quantitative estimate of drug-likeness (QED) is 0.827. The number of pyridine rings is 1. The van der Waals surface area contributed by atoms with Crippen LogP contribution in [0.5, 0.6) is 0 Å². The Morgan fingerprint density at radius 1 is 1.62 bits per heavy atom. The number of nitrogens with zero attached hydrogens (tertiary/aromatic N) is 2. The van der Waals surface area contributed by atoms with Gasteiger partial charge in [0, 0.05) is 11.9 Å². The Labute approximate surface area is 84.2 Å². The summed E-state index contributed by atoms with van der Waals surface area (Å²) >= 11 is 3.41. The molecule has 0 aliphatic heterocycles. The van der Waals surface area contributed by atoms with Crippen molar-refractivity contribution in [3.05, 3.63) is 34.2 Å². The van der Waals surface area contributed by atoms with Gasteiger partial charge in [-0.05, 0) is 35.0 Å². The molecular formula is C9H9BrN2O. The van der Waals surface area contributed by atoms with Gasteiger partial charge in [-0.1, -0.05) is 0 Å². The van der Waals surface area contributed by atoms with E-state index in [2.05, 4.69) is 20.9 Å². The van der Waals surface area contributed by atoms with Gasteiger partial charge in [0.15, 0.2) is 5.65 Å². The van der Waals surface area contributed by atoms with E-state index in [-0.39, 0.29) is 6.61 Å². The van der Waals surface area contributed by atoms with E-state index in [1.165, 1.54) is 0 Å². The molecule has 4 heteroatoms. The zero-order chi connectivity index (χ0) is 9.42. The summed E-state index contributed by atoms with van der Waals surface area (Å²) in [5.41, 5.74) is 2.56. The molecule has 68 valence electrons. The van der Waals surface area contributed by atoms with E-state index in [4.69, 9.17) is 5.11 Å². The minimum Gasteiger partial charge on any atom is -0.390 e. The number of hydrogen-bond acceptors (Lipinski definition) is 2. The van der Waals surface area contributed by atoms with E-state index in [0.29, 0.717) is 0 Å². The second-order valence-electron chi connectivity index (χ2n) is 2.85. The highest BCUT2D eigenvalue weighted by atomic mass is 79.9. The molecule has 0 amide bonds. The lowest BCUT2D eigenvalue weighted by molar-refractivity contribution is 0.276. The van der Waals surface area contributed by atoms with Crippen molar-refractivity contribution >= 4 is 21.6 Å². The van der Waals surface area contributed by atoms with E-state index in [9.17, 15) is 0 Å². The number of rotatable bonds is 1. The standard InChI is InChI=1S/C9H9BrN2O/c1-6-8(5-13)11-9-7(10)3-2-4-12(6)9/h2-4,13H,5H2,1H3. The minimum atomic E-state index is -0.0139. The molecule has 2 rings (SSSR count). The highest BCUT2D eigenvalue weighted by Crippen LogP contribution is 2.19. The number of aryl methyl sites for hydroxylation is 1. The first-order chi connectivity index (χ1) is 6.24. The van der Waals surface area contributed by atoms with Crippen LogP contribution >= 0.6 is 15.9 Å². The van der Waals surface area contributed by atoms with Crippen LogP contribution in [0, 0.1) is 6.92 Å². The second-order valence-corrected chi connectivity index (χ2v) is 3.71. The summed E-state index contributed by atoms with van der Waals surface area (Å²) in [4.78, 5) is 4.30. The number of aliphatic hydroxyl groups is 1. The number of halogens is 1. The molecule has 1 N–H and O–H groups in total. The Morgan fingerprint density at radius 3 is 3.00 bits per heavy atom. The number of hydrogen-bond donors (Lipinski definition) is 1. The number of aromatic nitrogens is 2. The molecule has 0 aromatic carbocycles. The largest absolute Gasteiger partial charge is 0.390 e. The monoisotopic (exact) mass is 240 g/mol. The Bertz CT molecular complexity index is 450. The van der Waals surface area contributed by atoms with Crippen LogP contribution in [0.25, 0.3) is 5.65 Å². The molecule has 2 aromatic rings. The summed E-state index contributed by atoms with van der Waals surface area (Å²) in [7, 11) is 0. The average molecular weight is 241 g/mol. The average Bonchev–Trinajstić information content (AvgIpc) is 2.45. The van der Waals surface area contributed by atoms with Crippen LogP contribution in [-0.4, -0.2) is 14.5 Å². The maximum absolute atomic E-state index is 9.02. The summed E-state index contributed by atoms with van der Waals surface area (Å²) in [6, 6.07) is 3.87. The van der Waals surface area contributed by atoms with Crippen molar-refractivity contribution in [3.63, 3.8) is 0 Å². The zero-order valence-electron chi connectivity index (χ0n) is 7.16. The number of fused-ring (bicyclic) bond motifs is 1. The van der Waals surface area contributed by atoms with Gasteiger partial charge in [0.25, 0.3) is 0 Å².